The molecule has 2 bridgehead atoms. The molecule has 2 aromatic rings. The molecule has 2 atom stereocenters. The van der Waals surface area contributed by atoms with E-state index in [0.717, 1.165) is 25.2 Å². The number of aryl methyl sites for hydroxylation is 1. The first-order valence-corrected chi connectivity index (χ1v) is 8.86. The van der Waals surface area contributed by atoms with Crippen molar-refractivity contribution in [3.63, 3.8) is 0 Å². The van der Waals surface area contributed by atoms with Crippen LogP contribution in [-0.4, -0.2) is 65.2 Å². The summed E-state index contributed by atoms with van der Waals surface area (Å²) in [6, 6.07) is 0.184. The number of methoxy groups -OCH3 is 1. The summed E-state index contributed by atoms with van der Waals surface area (Å²) in [4.78, 5) is 30.1. The van der Waals surface area contributed by atoms with Crippen LogP contribution in [-0.2, 0) is 16.0 Å². The van der Waals surface area contributed by atoms with E-state index in [1.165, 1.54) is 6.33 Å². The number of aromatic nitrogens is 3. The third-order valence-electron chi connectivity index (χ3n) is 5.15. The second kappa shape index (κ2) is 6.59. The fraction of sp³-hybridized carbons (Fsp3) is 0.647. The Kier molecular flexibility index (Phi) is 4.29. The van der Waals surface area contributed by atoms with Crippen molar-refractivity contribution in [1.82, 2.24) is 19.9 Å². The second-order valence-corrected chi connectivity index (χ2v) is 6.67. The fourth-order valence-electron chi connectivity index (χ4n) is 3.87. The highest BCUT2D eigenvalue weighted by atomic mass is 16.5. The Bertz CT molecular complexity index is 777. The molecule has 0 radical (unpaired) electrons. The van der Waals surface area contributed by atoms with Crippen LogP contribution >= 0.6 is 0 Å². The molecule has 5 rings (SSSR count). The molecule has 0 aromatic carbocycles. The zero-order valence-corrected chi connectivity index (χ0v) is 14.6. The summed E-state index contributed by atoms with van der Waals surface area (Å²) in [7, 11) is 1.67. The molecule has 8 nitrogen and oxygen atoms in total. The molecule has 0 N–H and O–H groups in total. The number of hydrogen-bond donors (Lipinski definition) is 0. The molecule has 5 heterocycles. The monoisotopic (exact) mass is 345 g/mol. The quantitative estimate of drug-likeness (QED) is 0.806. The van der Waals surface area contributed by atoms with Crippen molar-refractivity contribution < 1.29 is 13.9 Å². The highest BCUT2D eigenvalue weighted by Gasteiger charge is 2.41. The zero-order valence-electron chi connectivity index (χ0n) is 14.6. The van der Waals surface area contributed by atoms with Gasteiger partial charge in [0.05, 0.1) is 12.5 Å². The Balaban J connectivity index is 1.66. The van der Waals surface area contributed by atoms with E-state index >= 15 is 0 Å². The number of ether oxygens (including phenoxy) is 1. The Morgan fingerprint density at radius 1 is 1.32 bits per heavy atom. The molecule has 3 saturated heterocycles. The van der Waals surface area contributed by atoms with Crippen molar-refractivity contribution in [3.8, 4) is 0 Å². The van der Waals surface area contributed by atoms with E-state index in [2.05, 4.69) is 19.9 Å². The molecule has 1 amide bonds. The van der Waals surface area contributed by atoms with Gasteiger partial charge in [0.25, 0.3) is 5.71 Å². The zero-order chi connectivity index (χ0) is 17.4. The highest BCUT2D eigenvalue weighted by molar-refractivity contribution is 5.84. The van der Waals surface area contributed by atoms with Crippen molar-refractivity contribution in [2.45, 2.75) is 32.2 Å². The van der Waals surface area contributed by atoms with Crippen LogP contribution in [0.5, 0.6) is 0 Å². The minimum absolute atomic E-state index is 0.00170. The summed E-state index contributed by atoms with van der Waals surface area (Å²) in [5.41, 5.74) is 1.21. The lowest BCUT2D eigenvalue weighted by molar-refractivity contribution is -0.140. The van der Waals surface area contributed by atoms with Crippen LogP contribution in [0.1, 0.15) is 25.7 Å². The standard InChI is InChI=1S/C17H23N5O3/c1-3-13-20-14-15(18-10-19-16(14)25-13)21-8-11-4-5-12(9-21)22(17(11)23)6-7-24-2/h10-12H,3-9H2,1-2H3/t11-,12+/m1/s1. The molecule has 0 spiro atoms. The van der Waals surface area contributed by atoms with E-state index in [9.17, 15) is 4.79 Å². The third-order valence-corrected chi connectivity index (χ3v) is 5.15. The number of fused-ring (bicyclic) bond motifs is 5. The number of nitrogens with zero attached hydrogens (tertiary/aromatic N) is 5. The van der Waals surface area contributed by atoms with E-state index < -0.39 is 0 Å². The summed E-state index contributed by atoms with van der Waals surface area (Å²) in [5.74, 6) is 1.66. The molecule has 3 aliphatic heterocycles. The number of carbonyl (C=O) groups excluding carboxylic acids is 1. The van der Waals surface area contributed by atoms with Crippen LogP contribution in [0.15, 0.2) is 10.7 Å². The van der Waals surface area contributed by atoms with Gasteiger partial charge in [0.15, 0.2) is 17.2 Å². The third kappa shape index (κ3) is 2.84. The van der Waals surface area contributed by atoms with Crippen LogP contribution < -0.4 is 4.90 Å². The Morgan fingerprint density at radius 2 is 2.20 bits per heavy atom. The topological polar surface area (TPSA) is 84.6 Å². The Hall–Kier alpha value is -2.22. The van der Waals surface area contributed by atoms with Crippen molar-refractivity contribution in [2.75, 3.05) is 38.3 Å². The lowest BCUT2D eigenvalue weighted by atomic mass is 9.94. The smallest absolute Gasteiger partial charge is 0.252 e. The molecule has 2 aromatic heterocycles. The summed E-state index contributed by atoms with van der Waals surface area (Å²) in [6.45, 7) is 4.63. The molecular weight excluding hydrogens is 322 g/mol. The van der Waals surface area contributed by atoms with Gasteiger partial charge in [-0.2, -0.15) is 4.98 Å². The van der Waals surface area contributed by atoms with Gasteiger partial charge in [-0.25, -0.2) is 9.97 Å². The molecule has 0 aliphatic carbocycles. The predicted molar refractivity (Wildman–Crippen MR) is 91.3 cm³/mol. The van der Waals surface area contributed by atoms with Crippen molar-refractivity contribution in [1.29, 1.82) is 0 Å². The Labute approximate surface area is 146 Å². The second-order valence-electron chi connectivity index (χ2n) is 6.67. The largest absolute Gasteiger partial charge is 0.422 e. The van der Waals surface area contributed by atoms with Gasteiger partial charge < -0.3 is 19.0 Å². The minimum atomic E-state index is -0.00170. The van der Waals surface area contributed by atoms with Crippen LogP contribution in [0.3, 0.4) is 0 Å². The molecule has 134 valence electrons. The maximum Gasteiger partial charge on any atom is 0.252 e. The maximum atomic E-state index is 12.8. The minimum Gasteiger partial charge on any atom is -0.422 e. The Morgan fingerprint density at radius 3 is 3.00 bits per heavy atom. The lowest BCUT2D eigenvalue weighted by Gasteiger charge is -2.35. The molecule has 3 fully saturated rings. The van der Waals surface area contributed by atoms with Crippen LogP contribution in [0, 0.1) is 5.92 Å². The van der Waals surface area contributed by atoms with Crippen molar-refractivity contribution in [2.24, 2.45) is 5.92 Å². The van der Waals surface area contributed by atoms with E-state index in [4.69, 9.17) is 9.15 Å². The van der Waals surface area contributed by atoms with Gasteiger partial charge in [-0.3, -0.25) is 4.79 Å². The molecule has 8 heteroatoms. The van der Waals surface area contributed by atoms with Crippen molar-refractivity contribution >= 4 is 23.0 Å². The number of rotatable bonds is 5. The van der Waals surface area contributed by atoms with Crippen LogP contribution in [0.2, 0.25) is 0 Å². The number of oxazole rings is 1. The van der Waals surface area contributed by atoms with Gasteiger partial charge in [-0.15, -0.1) is 0 Å². The van der Waals surface area contributed by atoms with E-state index in [0.29, 0.717) is 43.2 Å². The number of amides is 1. The number of hydrogen-bond acceptors (Lipinski definition) is 7. The summed E-state index contributed by atoms with van der Waals surface area (Å²) < 4.78 is 10.8. The van der Waals surface area contributed by atoms with Crippen LogP contribution in [0.4, 0.5) is 5.82 Å². The van der Waals surface area contributed by atoms with Gasteiger partial charge in [0, 0.05) is 39.2 Å². The molecule has 3 aliphatic rings. The first-order chi connectivity index (χ1) is 12.2. The fourth-order valence-corrected chi connectivity index (χ4v) is 3.87. The van der Waals surface area contributed by atoms with Gasteiger partial charge in [0.1, 0.15) is 6.33 Å². The summed E-state index contributed by atoms with van der Waals surface area (Å²) >= 11 is 0. The highest BCUT2D eigenvalue weighted by Crippen LogP contribution is 2.33. The average Bonchev–Trinajstić information content (AvgIpc) is 2.87. The average molecular weight is 345 g/mol. The molecule has 0 unspecified atom stereocenters. The van der Waals surface area contributed by atoms with E-state index in [1.807, 2.05) is 11.8 Å². The summed E-state index contributed by atoms with van der Waals surface area (Å²) in [5, 5.41) is 0. The van der Waals surface area contributed by atoms with Gasteiger partial charge in [0.2, 0.25) is 5.91 Å². The number of anilines is 1. The molecule has 25 heavy (non-hydrogen) atoms. The summed E-state index contributed by atoms with van der Waals surface area (Å²) in [6.07, 6.45) is 4.17. The predicted octanol–water partition coefficient (Wildman–Crippen LogP) is 1.25. The van der Waals surface area contributed by atoms with E-state index in [-0.39, 0.29) is 17.9 Å². The normalized spacial score (nSPS) is 23.5. The first kappa shape index (κ1) is 16.3. The maximum absolute atomic E-state index is 12.8. The molecule has 0 saturated carbocycles. The SMILES string of the molecule is CCc1nc2c(N3C[C@H]4CC[C@@H](C3)N(CCOC)C4=O)ncnc2o1. The van der Waals surface area contributed by atoms with Gasteiger partial charge in [-0.1, -0.05) is 6.92 Å². The first-order valence-electron chi connectivity index (χ1n) is 8.86. The van der Waals surface area contributed by atoms with Gasteiger partial charge >= 0.3 is 0 Å². The van der Waals surface area contributed by atoms with Gasteiger partial charge in [-0.05, 0) is 12.8 Å². The van der Waals surface area contributed by atoms with E-state index in [1.54, 1.807) is 7.11 Å². The lowest BCUT2D eigenvalue weighted by Crippen LogP contribution is -2.49. The van der Waals surface area contributed by atoms with Crippen LogP contribution in [0.25, 0.3) is 11.2 Å². The number of carbonyl (C=O) groups is 1. The number of piperidine rings is 1. The van der Waals surface area contributed by atoms with Crippen molar-refractivity contribution in [3.05, 3.63) is 12.2 Å². The molecular formula is C17H23N5O3.